The second kappa shape index (κ2) is 6.02. The number of aromatic nitrogens is 3. The second-order valence-electron chi connectivity index (χ2n) is 6.20. The number of aromatic amines is 1. The Morgan fingerprint density at radius 3 is 3.10 bits per heavy atom. The molecular weight excluding hydrogens is 262 g/mol. The molecular formula is C16H25N5. The number of hydrogen-bond acceptors (Lipinski definition) is 4. The van der Waals surface area contributed by atoms with Crippen molar-refractivity contribution in [2.24, 2.45) is 5.92 Å². The summed E-state index contributed by atoms with van der Waals surface area (Å²) in [6.45, 7) is 8.78. The van der Waals surface area contributed by atoms with E-state index < -0.39 is 0 Å². The van der Waals surface area contributed by atoms with Crippen molar-refractivity contribution >= 4 is 16.9 Å². The normalized spacial score (nSPS) is 19.0. The lowest BCUT2D eigenvalue weighted by Crippen LogP contribution is -2.29. The van der Waals surface area contributed by atoms with Crippen molar-refractivity contribution in [1.29, 1.82) is 0 Å². The van der Waals surface area contributed by atoms with Crippen LogP contribution in [0.1, 0.15) is 25.6 Å². The van der Waals surface area contributed by atoms with E-state index >= 15 is 0 Å². The number of rotatable bonds is 5. The molecule has 0 aliphatic carbocycles. The van der Waals surface area contributed by atoms with Gasteiger partial charge >= 0.3 is 0 Å². The number of fused-ring (bicyclic) bond motifs is 1. The molecule has 1 aliphatic rings. The van der Waals surface area contributed by atoms with Gasteiger partial charge in [-0.2, -0.15) is 0 Å². The fourth-order valence-corrected chi connectivity index (χ4v) is 3.36. The van der Waals surface area contributed by atoms with Gasteiger partial charge in [0.2, 0.25) is 0 Å². The summed E-state index contributed by atoms with van der Waals surface area (Å²) >= 11 is 0. The third-order valence-corrected chi connectivity index (χ3v) is 4.27. The Labute approximate surface area is 126 Å². The summed E-state index contributed by atoms with van der Waals surface area (Å²) in [7, 11) is 2.23. The molecule has 0 amide bonds. The number of hydrogen-bond donors (Lipinski definition) is 1. The topological polar surface area (TPSA) is 48.1 Å². The number of aryl methyl sites for hydroxylation is 1. The fraction of sp³-hybridized carbons (Fsp3) is 0.625. The first-order valence-corrected chi connectivity index (χ1v) is 7.92. The van der Waals surface area contributed by atoms with Gasteiger partial charge < -0.3 is 14.8 Å². The van der Waals surface area contributed by atoms with Gasteiger partial charge in [0, 0.05) is 25.8 Å². The molecule has 21 heavy (non-hydrogen) atoms. The van der Waals surface area contributed by atoms with Crippen LogP contribution in [0.5, 0.6) is 0 Å². The summed E-state index contributed by atoms with van der Waals surface area (Å²) in [5, 5.41) is 1.14. The maximum absolute atomic E-state index is 4.69. The molecule has 3 rings (SSSR count). The molecule has 5 heteroatoms. The highest BCUT2D eigenvalue weighted by molar-refractivity contribution is 5.87. The predicted octanol–water partition coefficient (Wildman–Crippen LogP) is 2.43. The van der Waals surface area contributed by atoms with Crippen LogP contribution in [0.25, 0.3) is 11.0 Å². The number of nitrogens with one attached hydrogen (secondary N) is 1. The van der Waals surface area contributed by atoms with Gasteiger partial charge in [-0.05, 0) is 45.3 Å². The molecule has 0 unspecified atom stereocenters. The Morgan fingerprint density at radius 1 is 1.43 bits per heavy atom. The molecule has 0 bridgehead atoms. The van der Waals surface area contributed by atoms with E-state index in [2.05, 4.69) is 44.8 Å². The van der Waals surface area contributed by atoms with E-state index in [0.29, 0.717) is 0 Å². The van der Waals surface area contributed by atoms with E-state index in [4.69, 9.17) is 0 Å². The summed E-state index contributed by atoms with van der Waals surface area (Å²) < 4.78 is 0. The molecule has 0 aromatic carbocycles. The monoisotopic (exact) mass is 287 g/mol. The van der Waals surface area contributed by atoms with Gasteiger partial charge in [0.05, 0.1) is 5.39 Å². The van der Waals surface area contributed by atoms with Crippen LogP contribution in [0.2, 0.25) is 0 Å². The van der Waals surface area contributed by atoms with Crippen LogP contribution in [0, 0.1) is 12.8 Å². The highest BCUT2D eigenvalue weighted by Crippen LogP contribution is 2.28. The van der Waals surface area contributed by atoms with Crippen molar-refractivity contribution in [3.8, 4) is 0 Å². The average molecular weight is 287 g/mol. The van der Waals surface area contributed by atoms with Gasteiger partial charge in [0.25, 0.3) is 0 Å². The van der Waals surface area contributed by atoms with Crippen molar-refractivity contribution in [3.05, 3.63) is 18.1 Å². The Bertz CT molecular complexity index is 606. The molecule has 1 fully saturated rings. The molecule has 0 radical (unpaired) electrons. The highest BCUT2D eigenvalue weighted by Gasteiger charge is 2.26. The zero-order valence-corrected chi connectivity index (χ0v) is 13.3. The van der Waals surface area contributed by atoms with E-state index in [-0.39, 0.29) is 0 Å². The number of H-pyrrole nitrogens is 1. The van der Waals surface area contributed by atoms with Gasteiger partial charge in [0.1, 0.15) is 17.3 Å². The van der Waals surface area contributed by atoms with E-state index in [0.717, 1.165) is 41.7 Å². The Hall–Kier alpha value is -1.62. The Balaban J connectivity index is 1.74. The van der Waals surface area contributed by atoms with Gasteiger partial charge in [-0.15, -0.1) is 0 Å². The Morgan fingerprint density at radius 2 is 2.29 bits per heavy atom. The third kappa shape index (κ3) is 3.02. The zero-order valence-electron chi connectivity index (χ0n) is 13.3. The quantitative estimate of drug-likeness (QED) is 0.917. The van der Waals surface area contributed by atoms with Crippen LogP contribution in [0.3, 0.4) is 0 Å². The first-order valence-electron chi connectivity index (χ1n) is 7.92. The van der Waals surface area contributed by atoms with Crippen LogP contribution in [0.4, 0.5) is 5.82 Å². The summed E-state index contributed by atoms with van der Waals surface area (Å²) in [5.74, 6) is 2.68. The minimum atomic E-state index is 0.741. The zero-order chi connectivity index (χ0) is 14.8. The maximum Gasteiger partial charge on any atom is 0.143 e. The van der Waals surface area contributed by atoms with Crippen molar-refractivity contribution in [1.82, 2.24) is 19.9 Å². The number of nitrogens with zero attached hydrogens (tertiary/aromatic N) is 4. The summed E-state index contributed by atoms with van der Waals surface area (Å²) in [4.78, 5) is 17.2. The molecule has 114 valence electrons. The predicted molar refractivity (Wildman–Crippen MR) is 86.7 cm³/mol. The smallest absolute Gasteiger partial charge is 0.143 e. The van der Waals surface area contributed by atoms with Gasteiger partial charge in [-0.25, -0.2) is 9.97 Å². The van der Waals surface area contributed by atoms with Gasteiger partial charge in [0.15, 0.2) is 0 Å². The molecule has 5 nitrogen and oxygen atoms in total. The first kappa shape index (κ1) is 14.3. The molecule has 1 atom stereocenters. The van der Waals surface area contributed by atoms with Crippen LogP contribution in [-0.4, -0.2) is 53.1 Å². The molecule has 1 N–H and O–H groups in total. The minimum Gasteiger partial charge on any atom is -0.356 e. The van der Waals surface area contributed by atoms with Crippen molar-refractivity contribution < 1.29 is 0 Å². The van der Waals surface area contributed by atoms with Crippen molar-refractivity contribution in [2.45, 2.75) is 26.7 Å². The highest BCUT2D eigenvalue weighted by atomic mass is 15.2. The molecule has 0 saturated carbocycles. The van der Waals surface area contributed by atoms with Crippen LogP contribution in [-0.2, 0) is 0 Å². The van der Waals surface area contributed by atoms with E-state index in [1.807, 2.05) is 13.1 Å². The van der Waals surface area contributed by atoms with E-state index in [1.165, 1.54) is 25.9 Å². The fourth-order valence-electron chi connectivity index (χ4n) is 3.36. The lowest BCUT2D eigenvalue weighted by atomic mass is 10.1. The Kier molecular flexibility index (Phi) is 4.10. The first-order chi connectivity index (χ1) is 10.2. The molecule has 2 aromatic heterocycles. The molecule has 1 aliphatic heterocycles. The second-order valence-corrected chi connectivity index (χ2v) is 6.20. The molecule has 1 saturated heterocycles. The largest absolute Gasteiger partial charge is 0.356 e. The van der Waals surface area contributed by atoms with E-state index in [9.17, 15) is 0 Å². The molecule has 3 heterocycles. The van der Waals surface area contributed by atoms with Crippen molar-refractivity contribution in [2.75, 3.05) is 38.1 Å². The van der Waals surface area contributed by atoms with Crippen LogP contribution in [0.15, 0.2) is 12.3 Å². The third-order valence-electron chi connectivity index (χ3n) is 4.27. The summed E-state index contributed by atoms with van der Waals surface area (Å²) in [6.07, 6.45) is 4.43. The van der Waals surface area contributed by atoms with Crippen LogP contribution < -0.4 is 4.90 Å². The van der Waals surface area contributed by atoms with Gasteiger partial charge in [-0.1, -0.05) is 6.92 Å². The van der Waals surface area contributed by atoms with Crippen molar-refractivity contribution in [3.63, 3.8) is 0 Å². The summed E-state index contributed by atoms with van der Waals surface area (Å²) in [5.41, 5.74) is 0.948. The maximum atomic E-state index is 4.69. The molecule has 2 aromatic rings. The van der Waals surface area contributed by atoms with Crippen LogP contribution >= 0.6 is 0 Å². The lowest BCUT2D eigenvalue weighted by Gasteiger charge is -2.22. The summed E-state index contributed by atoms with van der Waals surface area (Å²) in [6, 6.07) is 2.08. The minimum absolute atomic E-state index is 0.741. The lowest BCUT2D eigenvalue weighted by molar-refractivity contribution is 0.287. The standard InChI is InChI=1S/C16H25N5/c1-4-8-20(3)10-13-6-9-21(11-13)16-14-5-7-17-15(14)18-12(2)19-16/h5,7,13H,4,6,8-11H2,1-3H3,(H,17,18,19)/t13-/m1/s1. The van der Waals surface area contributed by atoms with Gasteiger partial charge in [-0.3, -0.25) is 0 Å². The number of anilines is 1. The SMILES string of the molecule is CCCN(C)C[C@H]1CCN(c2nc(C)nc3[nH]ccc23)C1. The average Bonchev–Trinajstić information content (AvgIpc) is 3.06. The van der Waals surface area contributed by atoms with E-state index in [1.54, 1.807) is 0 Å². The molecule has 0 spiro atoms.